The number of hydrogen-bond donors (Lipinski definition) is 2. The molecule has 0 bridgehead atoms. The van der Waals surface area contributed by atoms with E-state index in [-0.39, 0.29) is 12.5 Å². The third-order valence-electron chi connectivity index (χ3n) is 3.82. The molecule has 6 heteroatoms. The van der Waals surface area contributed by atoms with E-state index in [1.807, 2.05) is 29.5 Å². The third kappa shape index (κ3) is 2.03. The van der Waals surface area contributed by atoms with Crippen molar-refractivity contribution >= 4 is 17.5 Å². The Balaban J connectivity index is 1.76. The van der Waals surface area contributed by atoms with Crippen LogP contribution in [0.25, 0.3) is 5.65 Å². The lowest BCUT2D eigenvalue weighted by atomic mass is 10.1. The van der Waals surface area contributed by atoms with Crippen LogP contribution in [0, 0.1) is 12.3 Å². The summed E-state index contributed by atoms with van der Waals surface area (Å²) in [6.07, 6.45) is 2.90. The normalized spacial score (nSPS) is 16.1. The maximum Gasteiger partial charge on any atom is 0.311 e. The number of hydrogen-bond acceptors (Lipinski definition) is 3. The zero-order valence-electron chi connectivity index (χ0n) is 11.1. The fourth-order valence-corrected chi connectivity index (χ4v) is 2.21. The van der Waals surface area contributed by atoms with Crippen molar-refractivity contribution in [1.82, 2.24) is 14.7 Å². The number of carbonyl (C=O) groups excluding carboxylic acids is 1. The van der Waals surface area contributed by atoms with Crippen LogP contribution in [0.2, 0.25) is 0 Å². The van der Waals surface area contributed by atoms with Crippen molar-refractivity contribution in [2.75, 3.05) is 6.54 Å². The molecule has 0 aromatic carbocycles. The Morgan fingerprint density at radius 1 is 1.45 bits per heavy atom. The van der Waals surface area contributed by atoms with Gasteiger partial charge in [0.1, 0.15) is 11.3 Å². The molecular formula is C14H15N3O3. The van der Waals surface area contributed by atoms with E-state index in [4.69, 9.17) is 5.11 Å². The summed E-state index contributed by atoms with van der Waals surface area (Å²) in [5, 5.41) is 11.7. The Bertz CT molecular complexity index is 701. The summed E-state index contributed by atoms with van der Waals surface area (Å²) < 4.78 is 1.83. The van der Waals surface area contributed by atoms with Gasteiger partial charge in [-0.2, -0.15) is 0 Å². The number of aromatic nitrogens is 2. The Kier molecular flexibility index (Phi) is 2.74. The van der Waals surface area contributed by atoms with Gasteiger partial charge < -0.3 is 14.8 Å². The molecule has 0 spiro atoms. The van der Waals surface area contributed by atoms with Gasteiger partial charge in [-0.05, 0) is 31.9 Å². The van der Waals surface area contributed by atoms with Gasteiger partial charge in [0.05, 0.1) is 5.41 Å². The molecule has 0 aliphatic heterocycles. The molecule has 2 aromatic heterocycles. The maximum absolute atomic E-state index is 12.0. The fraction of sp³-hybridized carbons (Fsp3) is 0.357. The highest BCUT2D eigenvalue weighted by atomic mass is 16.4. The summed E-state index contributed by atoms with van der Waals surface area (Å²) in [6.45, 7) is 2.09. The number of carbonyl (C=O) groups is 2. The minimum absolute atomic E-state index is 0.161. The van der Waals surface area contributed by atoms with Crippen LogP contribution < -0.4 is 5.32 Å². The second kappa shape index (κ2) is 4.33. The number of pyridine rings is 1. The summed E-state index contributed by atoms with van der Waals surface area (Å²) in [7, 11) is 0. The second-order valence-corrected chi connectivity index (χ2v) is 5.29. The molecule has 6 nitrogen and oxygen atoms in total. The topological polar surface area (TPSA) is 83.7 Å². The van der Waals surface area contributed by atoms with E-state index in [1.165, 1.54) is 0 Å². The fourth-order valence-electron chi connectivity index (χ4n) is 2.21. The number of nitrogens with one attached hydrogen (secondary N) is 1. The van der Waals surface area contributed by atoms with E-state index < -0.39 is 11.4 Å². The second-order valence-electron chi connectivity index (χ2n) is 5.29. The first-order valence-corrected chi connectivity index (χ1v) is 6.48. The zero-order chi connectivity index (χ0) is 14.3. The lowest BCUT2D eigenvalue weighted by Gasteiger charge is -2.09. The van der Waals surface area contributed by atoms with Gasteiger partial charge in [0.15, 0.2) is 0 Å². The summed E-state index contributed by atoms with van der Waals surface area (Å²) in [6, 6.07) is 5.63. The van der Waals surface area contributed by atoms with Crippen LogP contribution in [0.5, 0.6) is 0 Å². The van der Waals surface area contributed by atoms with Crippen LogP contribution in [-0.2, 0) is 4.79 Å². The molecule has 1 saturated carbocycles. The van der Waals surface area contributed by atoms with E-state index in [2.05, 4.69) is 10.3 Å². The van der Waals surface area contributed by atoms with Gasteiger partial charge in [0.25, 0.3) is 5.91 Å². The van der Waals surface area contributed by atoms with Crippen molar-refractivity contribution in [1.29, 1.82) is 0 Å². The average Bonchev–Trinajstić information content (AvgIpc) is 3.08. The van der Waals surface area contributed by atoms with Gasteiger partial charge in [-0.25, -0.2) is 4.98 Å². The standard InChI is InChI=1S/C14H15N3O3/c1-9-3-2-4-11-16-10(7-17(9)11)12(18)15-8-14(5-6-14)13(19)20/h2-4,7H,5-6,8H2,1H3,(H,15,18)(H,19,20). The first kappa shape index (κ1) is 12.7. The molecule has 1 aliphatic carbocycles. The summed E-state index contributed by atoms with van der Waals surface area (Å²) in [4.78, 5) is 27.3. The molecule has 2 heterocycles. The highest BCUT2D eigenvalue weighted by molar-refractivity contribution is 5.93. The van der Waals surface area contributed by atoms with Crippen molar-refractivity contribution < 1.29 is 14.7 Å². The predicted octanol–water partition coefficient (Wildman–Crippen LogP) is 1.24. The van der Waals surface area contributed by atoms with E-state index >= 15 is 0 Å². The van der Waals surface area contributed by atoms with Crippen molar-refractivity contribution in [2.45, 2.75) is 19.8 Å². The van der Waals surface area contributed by atoms with Crippen LogP contribution in [-0.4, -0.2) is 32.9 Å². The lowest BCUT2D eigenvalue weighted by Crippen LogP contribution is -2.34. The lowest BCUT2D eigenvalue weighted by molar-refractivity contribution is -0.143. The van der Waals surface area contributed by atoms with Gasteiger partial charge in [-0.15, -0.1) is 0 Å². The number of aryl methyl sites for hydroxylation is 1. The first-order valence-electron chi connectivity index (χ1n) is 6.48. The average molecular weight is 273 g/mol. The maximum atomic E-state index is 12.0. The zero-order valence-corrected chi connectivity index (χ0v) is 11.1. The van der Waals surface area contributed by atoms with Gasteiger partial charge >= 0.3 is 5.97 Å². The summed E-state index contributed by atoms with van der Waals surface area (Å²) in [5.41, 5.74) is 1.23. The highest BCUT2D eigenvalue weighted by Crippen LogP contribution is 2.45. The number of rotatable bonds is 4. The Labute approximate surface area is 115 Å². The first-order chi connectivity index (χ1) is 9.52. The smallest absolute Gasteiger partial charge is 0.311 e. The van der Waals surface area contributed by atoms with E-state index in [0.29, 0.717) is 24.2 Å². The Morgan fingerprint density at radius 2 is 2.20 bits per heavy atom. The highest BCUT2D eigenvalue weighted by Gasteiger charge is 2.50. The molecule has 1 aliphatic rings. The number of fused-ring (bicyclic) bond motifs is 1. The molecule has 2 N–H and O–H groups in total. The van der Waals surface area contributed by atoms with Gasteiger partial charge in [-0.1, -0.05) is 6.07 Å². The minimum Gasteiger partial charge on any atom is -0.481 e. The van der Waals surface area contributed by atoms with Crippen LogP contribution in [0.3, 0.4) is 0 Å². The molecule has 1 fully saturated rings. The van der Waals surface area contributed by atoms with Crippen molar-refractivity contribution in [3.8, 4) is 0 Å². The van der Waals surface area contributed by atoms with Crippen LogP contribution >= 0.6 is 0 Å². The molecule has 0 radical (unpaired) electrons. The summed E-state index contributed by atoms with van der Waals surface area (Å²) >= 11 is 0. The molecule has 2 aromatic rings. The van der Waals surface area contributed by atoms with Gasteiger partial charge in [0.2, 0.25) is 0 Å². The van der Waals surface area contributed by atoms with Crippen LogP contribution in [0.15, 0.2) is 24.4 Å². The SMILES string of the molecule is Cc1cccc2nc(C(=O)NCC3(C(=O)O)CC3)cn12. The van der Waals surface area contributed by atoms with Crippen LogP contribution in [0.1, 0.15) is 29.0 Å². The number of carboxylic acid groups (broad SMARTS) is 1. The predicted molar refractivity (Wildman–Crippen MR) is 71.6 cm³/mol. The Hall–Kier alpha value is -2.37. The number of nitrogens with zero attached hydrogens (tertiary/aromatic N) is 2. The van der Waals surface area contributed by atoms with Gasteiger partial charge in [-0.3, -0.25) is 9.59 Å². The molecule has 3 rings (SSSR count). The number of carboxylic acids is 1. The van der Waals surface area contributed by atoms with E-state index in [0.717, 1.165) is 5.69 Å². The van der Waals surface area contributed by atoms with Gasteiger partial charge in [0, 0.05) is 18.4 Å². The molecule has 1 amide bonds. The number of amides is 1. The minimum atomic E-state index is -0.844. The molecule has 104 valence electrons. The number of aliphatic carboxylic acids is 1. The molecule has 0 unspecified atom stereocenters. The van der Waals surface area contributed by atoms with Crippen molar-refractivity contribution in [3.63, 3.8) is 0 Å². The van der Waals surface area contributed by atoms with Crippen molar-refractivity contribution in [3.05, 3.63) is 35.8 Å². The van der Waals surface area contributed by atoms with Crippen molar-refractivity contribution in [2.24, 2.45) is 5.41 Å². The monoisotopic (exact) mass is 273 g/mol. The quantitative estimate of drug-likeness (QED) is 0.877. The third-order valence-corrected chi connectivity index (χ3v) is 3.82. The molecule has 20 heavy (non-hydrogen) atoms. The Morgan fingerprint density at radius 3 is 2.80 bits per heavy atom. The molecule has 0 saturated heterocycles. The molecule has 0 atom stereocenters. The largest absolute Gasteiger partial charge is 0.481 e. The van der Waals surface area contributed by atoms with E-state index in [1.54, 1.807) is 6.20 Å². The molecular weight excluding hydrogens is 258 g/mol. The van der Waals surface area contributed by atoms with Crippen LogP contribution in [0.4, 0.5) is 0 Å². The van der Waals surface area contributed by atoms with E-state index in [9.17, 15) is 9.59 Å². The number of imidazole rings is 1. The summed E-state index contributed by atoms with van der Waals surface area (Å²) in [5.74, 6) is -1.18.